The highest BCUT2D eigenvalue weighted by molar-refractivity contribution is 8.03. The molecule has 1 saturated heterocycles. The number of sulfonamides is 1. The summed E-state index contributed by atoms with van der Waals surface area (Å²) < 4.78 is 30.6. The van der Waals surface area contributed by atoms with E-state index in [9.17, 15) is 27.9 Å². The van der Waals surface area contributed by atoms with Gasteiger partial charge in [-0.2, -0.15) is 4.31 Å². The fourth-order valence-corrected chi connectivity index (χ4v) is 10.8. The van der Waals surface area contributed by atoms with Crippen molar-refractivity contribution < 1.29 is 23.1 Å². The summed E-state index contributed by atoms with van der Waals surface area (Å²) in [5, 5.41) is 10.2. The number of imidazole rings is 1. The summed E-state index contributed by atoms with van der Waals surface area (Å²) >= 11 is 1.23. The van der Waals surface area contributed by atoms with Crippen molar-refractivity contribution in [2.75, 3.05) is 0 Å². The topological polar surface area (TPSA) is 181 Å². The SMILES string of the molecule is CC1(C)S[C@@](C(CC(=O)O)c2ccc(-n3c(=O)[nH]c4cccnc43)cc2)(C(C)(C)C)N(S(=O)(=O)c2cccnc2)[C@@H]1C(N)=O. The predicted molar refractivity (Wildman–Crippen MR) is 167 cm³/mol. The molecule has 1 amide bonds. The summed E-state index contributed by atoms with van der Waals surface area (Å²) in [6.45, 7) is 8.95. The number of benzene rings is 1. The molecule has 0 spiro atoms. The number of pyridine rings is 2. The van der Waals surface area contributed by atoms with Crippen LogP contribution in [0.1, 0.15) is 52.5 Å². The van der Waals surface area contributed by atoms with Crippen molar-refractivity contribution in [2.24, 2.45) is 11.1 Å². The second-order valence-electron chi connectivity index (χ2n) is 12.3. The molecular formula is C30H34N6O6S2. The number of carbonyl (C=O) groups is 2. The molecule has 5 rings (SSSR count). The Hall–Kier alpha value is -4.01. The highest BCUT2D eigenvalue weighted by Gasteiger charge is 2.69. The number of nitrogens with zero attached hydrogens (tertiary/aromatic N) is 4. The first-order chi connectivity index (χ1) is 20.5. The van der Waals surface area contributed by atoms with Crippen molar-refractivity contribution >= 4 is 44.8 Å². The quantitative estimate of drug-likeness (QED) is 0.260. The minimum atomic E-state index is -4.46. The number of aromatic amines is 1. The molecule has 0 radical (unpaired) electrons. The molecule has 0 aliphatic carbocycles. The van der Waals surface area contributed by atoms with E-state index in [2.05, 4.69) is 15.0 Å². The summed E-state index contributed by atoms with van der Waals surface area (Å²) in [7, 11) is -4.46. The molecule has 4 aromatic rings. The number of fused-ring (bicyclic) bond motifs is 1. The first-order valence-corrected chi connectivity index (χ1v) is 16.1. The number of nitrogens with one attached hydrogen (secondary N) is 1. The Kier molecular flexibility index (Phi) is 7.75. The van der Waals surface area contributed by atoms with E-state index in [0.29, 0.717) is 22.4 Å². The molecule has 1 aliphatic rings. The molecular weight excluding hydrogens is 605 g/mol. The van der Waals surface area contributed by atoms with Crippen molar-refractivity contribution in [2.45, 2.75) is 67.5 Å². The van der Waals surface area contributed by atoms with Crippen LogP contribution in [0, 0.1) is 5.41 Å². The van der Waals surface area contributed by atoms with Gasteiger partial charge in [0.05, 0.1) is 22.5 Å². The second kappa shape index (κ2) is 10.9. The van der Waals surface area contributed by atoms with Crippen molar-refractivity contribution in [1.82, 2.24) is 23.8 Å². The van der Waals surface area contributed by atoms with E-state index in [1.165, 1.54) is 40.9 Å². The lowest BCUT2D eigenvalue weighted by atomic mass is 9.73. The van der Waals surface area contributed by atoms with Crippen LogP contribution >= 0.6 is 11.8 Å². The van der Waals surface area contributed by atoms with E-state index < -0.39 is 61.0 Å². The normalized spacial score (nSPS) is 21.3. The molecule has 0 bridgehead atoms. The molecule has 1 unspecified atom stereocenters. The van der Waals surface area contributed by atoms with Crippen LogP contribution in [0.3, 0.4) is 0 Å². The van der Waals surface area contributed by atoms with Gasteiger partial charge < -0.3 is 15.8 Å². The third-order valence-electron chi connectivity index (χ3n) is 8.02. The Morgan fingerprint density at radius 3 is 2.34 bits per heavy atom. The molecule has 4 N–H and O–H groups in total. The van der Waals surface area contributed by atoms with Gasteiger partial charge in [-0.3, -0.25) is 14.6 Å². The summed E-state index contributed by atoms with van der Waals surface area (Å²) in [5.74, 6) is -2.97. The van der Waals surface area contributed by atoms with E-state index in [1.807, 2.05) is 20.8 Å². The Labute approximate surface area is 258 Å². The van der Waals surface area contributed by atoms with Gasteiger partial charge in [0.1, 0.15) is 10.9 Å². The first-order valence-electron chi connectivity index (χ1n) is 13.8. The van der Waals surface area contributed by atoms with Crippen LogP contribution in [-0.4, -0.2) is 64.9 Å². The fraction of sp³-hybridized carbons (Fsp3) is 0.367. The average Bonchev–Trinajstić information content (AvgIpc) is 3.43. The maximum Gasteiger partial charge on any atom is 0.332 e. The van der Waals surface area contributed by atoms with Crippen LogP contribution in [0.2, 0.25) is 0 Å². The molecule has 1 aromatic carbocycles. The van der Waals surface area contributed by atoms with Crippen LogP contribution in [-0.2, 0) is 19.6 Å². The van der Waals surface area contributed by atoms with Gasteiger partial charge in [-0.05, 0) is 61.2 Å². The minimum Gasteiger partial charge on any atom is -0.481 e. The second-order valence-corrected chi connectivity index (χ2v) is 16.0. The Morgan fingerprint density at radius 2 is 1.77 bits per heavy atom. The lowest BCUT2D eigenvalue weighted by Crippen LogP contribution is -2.62. The fourth-order valence-electron chi connectivity index (χ4n) is 6.29. The zero-order chi connectivity index (χ0) is 32.2. The number of rotatable bonds is 8. The van der Waals surface area contributed by atoms with Crippen LogP contribution < -0.4 is 11.4 Å². The zero-order valence-corrected chi connectivity index (χ0v) is 26.5. The highest BCUT2D eigenvalue weighted by atomic mass is 32.2. The number of aromatic nitrogens is 4. The number of hydrogen-bond acceptors (Lipinski definition) is 8. The molecule has 4 heterocycles. The van der Waals surface area contributed by atoms with Gasteiger partial charge in [0, 0.05) is 29.3 Å². The van der Waals surface area contributed by atoms with E-state index in [1.54, 1.807) is 56.4 Å². The van der Waals surface area contributed by atoms with Gasteiger partial charge in [0.25, 0.3) is 0 Å². The van der Waals surface area contributed by atoms with Gasteiger partial charge in [-0.1, -0.05) is 32.9 Å². The molecule has 232 valence electrons. The molecule has 0 saturated carbocycles. The number of thioether (sulfide) groups is 1. The number of carboxylic acid groups (broad SMARTS) is 1. The predicted octanol–water partition coefficient (Wildman–Crippen LogP) is 3.48. The van der Waals surface area contributed by atoms with Gasteiger partial charge >= 0.3 is 11.7 Å². The molecule has 3 aromatic heterocycles. The van der Waals surface area contributed by atoms with E-state index in [0.717, 1.165) is 4.31 Å². The summed E-state index contributed by atoms with van der Waals surface area (Å²) in [6.07, 6.45) is 3.75. The Bertz CT molecular complexity index is 1900. The smallest absolute Gasteiger partial charge is 0.332 e. The number of primary amides is 1. The van der Waals surface area contributed by atoms with E-state index in [4.69, 9.17) is 5.73 Å². The largest absolute Gasteiger partial charge is 0.481 e. The van der Waals surface area contributed by atoms with Crippen molar-refractivity contribution in [1.29, 1.82) is 0 Å². The lowest BCUT2D eigenvalue weighted by Gasteiger charge is -2.51. The number of amides is 1. The maximum absolute atomic E-state index is 14.6. The average molecular weight is 639 g/mol. The molecule has 1 aliphatic heterocycles. The maximum atomic E-state index is 14.6. The number of H-pyrrole nitrogens is 1. The molecule has 3 atom stereocenters. The number of aliphatic carboxylic acids is 1. The molecule has 1 fully saturated rings. The van der Waals surface area contributed by atoms with Gasteiger partial charge in [-0.15, -0.1) is 11.8 Å². The monoisotopic (exact) mass is 638 g/mol. The lowest BCUT2D eigenvalue weighted by molar-refractivity contribution is -0.138. The van der Waals surface area contributed by atoms with Crippen molar-refractivity contribution in [3.05, 3.63) is 83.2 Å². The van der Waals surface area contributed by atoms with Crippen LogP contribution in [0.4, 0.5) is 0 Å². The van der Waals surface area contributed by atoms with Crippen molar-refractivity contribution in [3.8, 4) is 5.69 Å². The van der Waals surface area contributed by atoms with Crippen LogP contribution in [0.25, 0.3) is 16.9 Å². The molecule has 14 heteroatoms. The van der Waals surface area contributed by atoms with Gasteiger partial charge in [0.15, 0.2) is 5.65 Å². The number of nitrogens with two attached hydrogens (primary N) is 1. The molecule has 12 nitrogen and oxygen atoms in total. The summed E-state index contributed by atoms with van der Waals surface area (Å²) in [4.78, 5) is 47.9. The first kappa shape index (κ1) is 31.4. The van der Waals surface area contributed by atoms with Crippen LogP contribution in [0.5, 0.6) is 0 Å². The van der Waals surface area contributed by atoms with E-state index in [-0.39, 0.29) is 4.90 Å². The standard InChI is InChI=1S/C30H34N6O6S2/c1-28(2,3)30(36(24(25(31)39)29(4,5)43-30)44(41,42)20-8-6-14-32-17-20)21(16-23(37)38)18-10-12-19(13-11-18)35-26-22(34-27(35)40)9-7-15-33-26/h6-15,17,21,24H,16H2,1-5H3,(H2,31,39)(H,34,40)(H,37,38)/t21?,24-,30+/m1/s1. The van der Waals surface area contributed by atoms with Gasteiger partial charge in [-0.25, -0.2) is 22.8 Å². The zero-order valence-electron chi connectivity index (χ0n) is 24.9. The Morgan fingerprint density at radius 1 is 1.11 bits per heavy atom. The summed E-state index contributed by atoms with van der Waals surface area (Å²) in [6, 6.07) is 11.7. The number of carbonyl (C=O) groups excluding carboxylic acids is 1. The van der Waals surface area contributed by atoms with Crippen LogP contribution in [0.15, 0.2) is 76.8 Å². The molecule has 44 heavy (non-hydrogen) atoms. The van der Waals surface area contributed by atoms with E-state index >= 15 is 0 Å². The van der Waals surface area contributed by atoms with Crippen molar-refractivity contribution in [3.63, 3.8) is 0 Å². The third-order valence-corrected chi connectivity index (χ3v) is 12.1. The number of carboxylic acids is 1. The summed E-state index contributed by atoms with van der Waals surface area (Å²) in [5.41, 5.74) is 6.57. The minimum absolute atomic E-state index is 0.145. The Balaban J connectivity index is 1.76. The number of hydrogen-bond donors (Lipinski definition) is 3. The third kappa shape index (κ3) is 5.00. The van der Waals surface area contributed by atoms with Gasteiger partial charge in [0.2, 0.25) is 15.9 Å². The highest BCUT2D eigenvalue weighted by Crippen LogP contribution is 2.65.